The number of hydrogen-bond donors (Lipinski definition) is 1. The Balaban J connectivity index is 1.63. The van der Waals surface area contributed by atoms with Crippen LogP contribution in [-0.2, 0) is 4.79 Å². The molecule has 0 saturated carbocycles. The van der Waals surface area contributed by atoms with Gasteiger partial charge in [-0.05, 0) is 47.8 Å². The summed E-state index contributed by atoms with van der Waals surface area (Å²) < 4.78 is 5.10. The molecule has 0 aromatic carbocycles. The third-order valence-corrected chi connectivity index (χ3v) is 4.90. The molecule has 1 amide bonds. The summed E-state index contributed by atoms with van der Waals surface area (Å²) in [6.07, 6.45) is 3.54. The Labute approximate surface area is 141 Å². The van der Waals surface area contributed by atoms with Crippen LogP contribution in [0.1, 0.15) is 18.7 Å². The molecular weight excluding hydrogens is 366 g/mol. The summed E-state index contributed by atoms with van der Waals surface area (Å²) in [6, 6.07) is 3.65. The molecule has 0 aliphatic carbocycles. The van der Waals surface area contributed by atoms with E-state index in [1.807, 2.05) is 13.0 Å². The van der Waals surface area contributed by atoms with E-state index in [9.17, 15) is 4.79 Å². The van der Waals surface area contributed by atoms with E-state index in [2.05, 4.69) is 40.5 Å². The Morgan fingerprint density at radius 3 is 3.05 bits per heavy atom. The number of anilines is 2. The van der Waals surface area contributed by atoms with Crippen LogP contribution in [0.3, 0.4) is 0 Å². The van der Waals surface area contributed by atoms with Crippen LogP contribution in [0.5, 0.6) is 0 Å². The van der Waals surface area contributed by atoms with E-state index in [0.29, 0.717) is 12.4 Å². The van der Waals surface area contributed by atoms with Gasteiger partial charge in [0.25, 0.3) is 0 Å². The SMILES string of the molecule is Cc1nsc(N2CCCC(C(=O)Nc3ccc(Br)cn3)C2)n1. The van der Waals surface area contributed by atoms with Crippen LogP contribution in [0.4, 0.5) is 10.9 Å². The second-order valence-electron chi connectivity index (χ2n) is 5.26. The first-order valence-corrected chi connectivity index (χ1v) is 8.66. The first kappa shape index (κ1) is 15.4. The summed E-state index contributed by atoms with van der Waals surface area (Å²) in [6.45, 7) is 3.49. The van der Waals surface area contributed by atoms with E-state index in [-0.39, 0.29) is 11.8 Å². The van der Waals surface area contributed by atoms with Crippen molar-refractivity contribution in [3.8, 4) is 0 Å². The van der Waals surface area contributed by atoms with Gasteiger partial charge in [0.1, 0.15) is 11.6 Å². The lowest BCUT2D eigenvalue weighted by Crippen LogP contribution is -2.40. The van der Waals surface area contributed by atoms with Crippen LogP contribution in [0, 0.1) is 12.8 Å². The van der Waals surface area contributed by atoms with E-state index in [0.717, 1.165) is 34.8 Å². The molecule has 0 radical (unpaired) electrons. The van der Waals surface area contributed by atoms with Crippen LogP contribution in [0.2, 0.25) is 0 Å². The zero-order valence-corrected chi connectivity index (χ0v) is 14.5. The molecule has 1 N–H and O–H groups in total. The third kappa shape index (κ3) is 3.61. The fraction of sp³-hybridized carbons (Fsp3) is 0.429. The van der Waals surface area contributed by atoms with Crippen LogP contribution < -0.4 is 10.2 Å². The van der Waals surface area contributed by atoms with Crippen LogP contribution in [0.25, 0.3) is 0 Å². The molecule has 1 fully saturated rings. The fourth-order valence-corrected chi connectivity index (χ4v) is 3.40. The van der Waals surface area contributed by atoms with E-state index >= 15 is 0 Å². The highest BCUT2D eigenvalue weighted by atomic mass is 79.9. The first-order valence-electron chi connectivity index (χ1n) is 7.09. The number of hydrogen-bond acceptors (Lipinski definition) is 6. The van der Waals surface area contributed by atoms with Gasteiger partial charge in [-0.3, -0.25) is 4.79 Å². The minimum atomic E-state index is -0.0524. The van der Waals surface area contributed by atoms with Crippen molar-refractivity contribution in [2.45, 2.75) is 19.8 Å². The van der Waals surface area contributed by atoms with Crippen molar-refractivity contribution in [3.63, 3.8) is 0 Å². The molecule has 1 aliphatic heterocycles. The first-order chi connectivity index (χ1) is 10.6. The third-order valence-electron chi connectivity index (χ3n) is 3.56. The number of aryl methyl sites for hydroxylation is 1. The number of carbonyl (C=O) groups is 1. The van der Waals surface area contributed by atoms with Crippen molar-refractivity contribution in [1.29, 1.82) is 0 Å². The number of carbonyl (C=O) groups excluding carboxylic acids is 1. The predicted molar refractivity (Wildman–Crippen MR) is 90.1 cm³/mol. The van der Waals surface area contributed by atoms with E-state index in [1.54, 1.807) is 12.3 Å². The van der Waals surface area contributed by atoms with Gasteiger partial charge >= 0.3 is 0 Å². The topological polar surface area (TPSA) is 71.0 Å². The second kappa shape index (κ2) is 6.70. The van der Waals surface area contributed by atoms with Crippen LogP contribution in [-0.4, -0.2) is 33.3 Å². The molecule has 3 rings (SSSR count). The van der Waals surface area contributed by atoms with Crippen molar-refractivity contribution in [2.75, 3.05) is 23.3 Å². The lowest BCUT2D eigenvalue weighted by molar-refractivity contribution is -0.120. The summed E-state index contributed by atoms with van der Waals surface area (Å²) in [5.74, 6) is 1.33. The maximum absolute atomic E-state index is 12.4. The minimum Gasteiger partial charge on any atom is -0.346 e. The molecule has 6 nitrogen and oxygen atoms in total. The van der Waals surface area contributed by atoms with E-state index in [1.165, 1.54) is 11.5 Å². The molecule has 2 aromatic heterocycles. The molecule has 2 aromatic rings. The highest BCUT2D eigenvalue weighted by molar-refractivity contribution is 9.10. The quantitative estimate of drug-likeness (QED) is 0.884. The van der Waals surface area contributed by atoms with Gasteiger partial charge in [0, 0.05) is 35.3 Å². The number of aromatic nitrogens is 3. The summed E-state index contributed by atoms with van der Waals surface area (Å²) in [7, 11) is 0. The van der Waals surface area contributed by atoms with Crippen molar-refractivity contribution in [1.82, 2.24) is 14.3 Å². The van der Waals surface area contributed by atoms with Crippen molar-refractivity contribution in [3.05, 3.63) is 28.6 Å². The number of nitrogens with one attached hydrogen (secondary N) is 1. The molecule has 1 aliphatic rings. The largest absolute Gasteiger partial charge is 0.346 e. The Morgan fingerprint density at radius 2 is 2.36 bits per heavy atom. The Bertz CT molecular complexity index is 660. The van der Waals surface area contributed by atoms with Gasteiger partial charge in [-0.2, -0.15) is 4.37 Å². The summed E-state index contributed by atoms with van der Waals surface area (Å²) in [5.41, 5.74) is 0. The minimum absolute atomic E-state index is 0.0146. The van der Waals surface area contributed by atoms with Gasteiger partial charge in [0.05, 0.1) is 5.92 Å². The zero-order valence-electron chi connectivity index (χ0n) is 12.1. The molecule has 1 atom stereocenters. The molecule has 8 heteroatoms. The summed E-state index contributed by atoms with van der Waals surface area (Å²) in [4.78, 5) is 23.1. The van der Waals surface area contributed by atoms with E-state index < -0.39 is 0 Å². The van der Waals surface area contributed by atoms with Gasteiger partial charge in [-0.15, -0.1) is 0 Å². The standard InChI is InChI=1S/C14H16BrN5OS/c1-9-17-14(22-19-9)20-6-2-3-10(8-20)13(21)18-12-5-4-11(15)7-16-12/h4-5,7,10H,2-3,6,8H2,1H3,(H,16,18,21). The number of halogens is 1. The summed E-state index contributed by atoms with van der Waals surface area (Å²) >= 11 is 4.72. The predicted octanol–water partition coefficient (Wildman–Crippen LogP) is 2.86. The van der Waals surface area contributed by atoms with Crippen molar-refractivity contribution >= 4 is 44.3 Å². The Morgan fingerprint density at radius 1 is 1.50 bits per heavy atom. The maximum atomic E-state index is 12.4. The average molecular weight is 382 g/mol. The number of nitrogens with zero attached hydrogens (tertiary/aromatic N) is 4. The average Bonchev–Trinajstić information content (AvgIpc) is 2.96. The van der Waals surface area contributed by atoms with Gasteiger partial charge in [-0.1, -0.05) is 0 Å². The molecular formula is C14H16BrN5OS. The van der Waals surface area contributed by atoms with E-state index in [4.69, 9.17) is 0 Å². The number of piperidine rings is 1. The van der Waals surface area contributed by atoms with Gasteiger partial charge < -0.3 is 10.2 Å². The smallest absolute Gasteiger partial charge is 0.230 e. The molecule has 0 bridgehead atoms. The highest BCUT2D eigenvalue weighted by Crippen LogP contribution is 2.25. The van der Waals surface area contributed by atoms with Gasteiger partial charge in [-0.25, -0.2) is 9.97 Å². The molecule has 116 valence electrons. The fourth-order valence-electron chi connectivity index (χ4n) is 2.46. The molecule has 1 saturated heterocycles. The Hall–Kier alpha value is -1.54. The lowest BCUT2D eigenvalue weighted by atomic mass is 9.97. The van der Waals surface area contributed by atoms with Crippen LogP contribution >= 0.6 is 27.5 Å². The van der Waals surface area contributed by atoms with Crippen LogP contribution in [0.15, 0.2) is 22.8 Å². The van der Waals surface area contributed by atoms with Gasteiger partial charge in [0.2, 0.25) is 11.0 Å². The normalized spacial score (nSPS) is 18.3. The van der Waals surface area contributed by atoms with Gasteiger partial charge in [0.15, 0.2) is 0 Å². The second-order valence-corrected chi connectivity index (χ2v) is 6.91. The zero-order chi connectivity index (χ0) is 15.5. The summed E-state index contributed by atoms with van der Waals surface area (Å²) in [5, 5.41) is 3.79. The Kier molecular flexibility index (Phi) is 4.68. The molecule has 3 heterocycles. The number of pyridine rings is 1. The lowest BCUT2D eigenvalue weighted by Gasteiger charge is -2.31. The molecule has 1 unspecified atom stereocenters. The highest BCUT2D eigenvalue weighted by Gasteiger charge is 2.27. The molecule has 0 spiro atoms. The monoisotopic (exact) mass is 381 g/mol. The van der Waals surface area contributed by atoms with Crippen molar-refractivity contribution in [2.24, 2.45) is 5.92 Å². The number of amides is 1. The number of rotatable bonds is 3. The molecule has 22 heavy (non-hydrogen) atoms. The van der Waals surface area contributed by atoms with Crippen molar-refractivity contribution < 1.29 is 4.79 Å². The maximum Gasteiger partial charge on any atom is 0.230 e.